The Balaban J connectivity index is 0.000000184. The third kappa shape index (κ3) is 13.8. The van der Waals surface area contributed by atoms with Crippen molar-refractivity contribution in [3.8, 4) is 12.1 Å². The Labute approximate surface area is 508 Å². The SMILES string of the molecule is CC(C)(C)CNc1c(C#N)cnc2c(Cl)cc(I)cc12.CN[C@@H](c1ccc(F)nc1C)[n+]1cn(C2(C(F)(F)F)CC2)nn1.Cc1nc(F)ccc1[C@@H](c1cn(C2(C(F)(F)F)CC2)nn1)N(C)c1cc(Cl)c2ncc(C#N)c(NCC(C)(C)C)c2c1. The van der Waals surface area contributed by atoms with Crippen molar-refractivity contribution in [1.82, 2.24) is 55.4 Å². The number of aromatic nitrogens is 11. The largest absolute Gasteiger partial charge is 0.428 e. The molecule has 0 bridgehead atoms. The fourth-order valence-electron chi connectivity index (χ4n) is 9.43. The third-order valence-corrected chi connectivity index (χ3v) is 15.6. The molecule has 8 aromatic rings. The first-order valence-electron chi connectivity index (χ1n) is 26.5. The highest BCUT2D eigenvalue weighted by Gasteiger charge is 2.70. The average Bonchev–Trinajstić information content (AvgIpc) is 1.70. The summed E-state index contributed by atoms with van der Waals surface area (Å²) in [7, 11) is 3.35. The van der Waals surface area contributed by atoms with Crippen molar-refractivity contribution in [2.24, 2.45) is 10.8 Å². The van der Waals surface area contributed by atoms with E-state index in [9.17, 15) is 45.6 Å². The van der Waals surface area contributed by atoms with E-state index in [-0.39, 0.29) is 42.2 Å². The molecule has 0 unspecified atom stereocenters. The van der Waals surface area contributed by atoms with E-state index in [1.54, 1.807) is 45.1 Å². The minimum atomic E-state index is -4.49. The van der Waals surface area contributed by atoms with Crippen LogP contribution < -0.4 is 25.5 Å². The molecule has 6 aromatic heterocycles. The van der Waals surface area contributed by atoms with Crippen molar-refractivity contribution in [3.63, 3.8) is 0 Å². The van der Waals surface area contributed by atoms with E-state index in [1.807, 2.05) is 18.2 Å². The number of rotatable bonds is 13. The van der Waals surface area contributed by atoms with E-state index in [1.165, 1.54) is 47.7 Å². The molecule has 17 nitrogen and oxygen atoms in total. The molecule has 0 spiro atoms. The van der Waals surface area contributed by atoms with Gasteiger partial charge in [-0.3, -0.25) is 15.3 Å². The smallest absolute Gasteiger partial charge is 0.383 e. The van der Waals surface area contributed by atoms with Crippen LogP contribution in [-0.4, -0.2) is 89.6 Å². The van der Waals surface area contributed by atoms with Crippen LogP contribution >= 0.6 is 45.8 Å². The van der Waals surface area contributed by atoms with Crippen LogP contribution in [-0.2, 0) is 11.1 Å². The van der Waals surface area contributed by atoms with Crippen LogP contribution in [0, 0.1) is 62.8 Å². The second-order valence-corrected chi connectivity index (χ2v) is 25.3. The molecule has 2 fully saturated rings. The zero-order chi connectivity index (χ0) is 62.4. The summed E-state index contributed by atoms with van der Waals surface area (Å²) >= 11 is 15.2. The van der Waals surface area contributed by atoms with Gasteiger partial charge in [0.2, 0.25) is 23.8 Å². The molecular weight excluding hydrogens is 1270 g/mol. The van der Waals surface area contributed by atoms with Crippen LogP contribution in [0.4, 0.5) is 52.2 Å². The number of aryl methyl sites for hydroxylation is 2. The number of alkyl halides is 6. The predicted octanol–water partition coefficient (Wildman–Crippen LogP) is 13.0. The lowest BCUT2D eigenvalue weighted by Crippen LogP contribution is -2.49. The lowest BCUT2D eigenvalue weighted by molar-refractivity contribution is -0.774. The van der Waals surface area contributed by atoms with E-state index >= 15 is 0 Å². The molecule has 0 aliphatic heterocycles. The number of nitrogens with one attached hydrogen (secondary N) is 3. The van der Waals surface area contributed by atoms with E-state index in [0.717, 1.165) is 36.1 Å². The van der Waals surface area contributed by atoms with Gasteiger partial charge in [-0.1, -0.05) is 80.7 Å². The first kappa shape index (κ1) is 63.9. The molecule has 3 N–H and O–H groups in total. The van der Waals surface area contributed by atoms with Gasteiger partial charge in [0.25, 0.3) is 0 Å². The predicted molar refractivity (Wildman–Crippen MR) is 314 cm³/mol. The number of hydrogen-bond acceptors (Lipinski definition) is 14. The number of hydrogen-bond donors (Lipinski definition) is 3. The lowest BCUT2D eigenvalue weighted by atomic mass is 9.96. The van der Waals surface area contributed by atoms with E-state index < -0.39 is 47.5 Å². The Morgan fingerprint density at radius 2 is 1.20 bits per heavy atom. The van der Waals surface area contributed by atoms with E-state index in [0.29, 0.717) is 72.5 Å². The number of fused-ring (bicyclic) bond motifs is 2. The summed E-state index contributed by atoms with van der Waals surface area (Å²) in [6.07, 6.45) is -4.11. The van der Waals surface area contributed by atoms with Crippen LogP contribution in [0.15, 0.2) is 73.4 Å². The van der Waals surface area contributed by atoms with Gasteiger partial charge in [0.05, 0.1) is 49.8 Å². The molecule has 28 heteroatoms. The van der Waals surface area contributed by atoms with E-state index in [2.05, 4.69) is 133 Å². The number of benzene rings is 2. The van der Waals surface area contributed by atoms with Crippen LogP contribution in [0.2, 0.25) is 10.0 Å². The van der Waals surface area contributed by atoms with Crippen LogP contribution in [0.5, 0.6) is 0 Å². The van der Waals surface area contributed by atoms with Crippen molar-refractivity contribution in [3.05, 3.63) is 138 Å². The Bertz CT molecular complexity index is 3870. The Morgan fingerprint density at radius 3 is 1.66 bits per heavy atom. The molecule has 0 saturated heterocycles. The summed E-state index contributed by atoms with van der Waals surface area (Å²) in [5, 5.41) is 46.6. The minimum absolute atomic E-state index is 0.0127. The first-order valence-corrected chi connectivity index (χ1v) is 28.3. The maximum atomic E-state index is 14.0. The minimum Gasteiger partial charge on any atom is -0.383 e. The number of halogens is 11. The van der Waals surface area contributed by atoms with Gasteiger partial charge in [0.1, 0.15) is 29.1 Å². The lowest BCUT2D eigenvalue weighted by Gasteiger charge is -2.30. The maximum absolute atomic E-state index is 14.0. The van der Waals surface area contributed by atoms with Crippen LogP contribution in [0.25, 0.3) is 21.8 Å². The van der Waals surface area contributed by atoms with Gasteiger partial charge >= 0.3 is 12.4 Å². The van der Waals surface area contributed by atoms with Gasteiger partial charge in [-0.2, -0.15) is 45.6 Å². The number of anilines is 3. The molecule has 2 saturated carbocycles. The highest BCUT2D eigenvalue weighted by atomic mass is 127. The summed E-state index contributed by atoms with van der Waals surface area (Å²) in [6.45, 7) is 17.2. The Kier molecular flexibility index (Phi) is 18.3. The monoisotopic (exact) mass is 1330 g/mol. The van der Waals surface area contributed by atoms with Crippen molar-refractivity contribution >= 4 is 84.7 Å². The summed E-state index contributed by atoms with van der Waals surface area (Å²) < 4.78 is 112. The molecule has 6 heterocycles. The second kappa shape index (κ2) is 24.3. The summed E-state index contributed by atoms with van der Waals surface area (Å²) in [4.78, 5) is 18.1. The average molecular weight is 1330 g/mol. The second-order valence-electron chi connectivity index (χ2n) is 23.2. The number of pyridine rings is 4. The van der Waals surface area contributed by atoms with Gasteiger partial charge in [-0.15, -0.1) is 9.78 Å². The Hall–Kier alpha value is -7.14. The van der Waals surface area contributed by atoms with Crippen molar-refractivity contribution in [1.29, 1.82) is 10.5 Å². The van der Waals surface area contributed by atoms with Gasteiger partial charge in [-0.25, -0.2) is 14.6 Å². The van der Waals surface area contributed by atoms with Crippen LogP contribution in [0.1, 0.15) is 119 Å². The van der Waals surface area contributed by atoms with Gasteiger partial charge in [0.15, 0.2) is 16.9 Å². The van der Waals surface area contributed by atoms with Crippen molar-refractivity contribution in [2.45, 2.75) is 117 Å². The molecular formula is C57H59Cl2F8IN17+. The fourth-order valence-corrected chi connectivity index (χ4v) is 10.8. The molecule has 2 aliphatic rings. The molecule has 0 radical (unpaired) electrons. The first-order chi connectivity index (χ1) is 39.7. The van der Waals surface area contributed by atoms with Crippen molar-refractivity contribution in [2.75, 3.05) is 42.7 Å². The summed E-state index contributed by atoms with van der Waals surface area (Å²) in [5.74, 6) is -1.31. The van der Waals surface area contributed by atoms with Crippen molar-refractivity contribution < 1.29 is 39.8 Å². The molecule has 2 aromatic carbocycles. The highest BCUT2D eigenvalue weighted by Crippen LogP contribution is 2.56. The summed E-state index contributed by atoms with van der Waals surface area (Å²) in [6, 6.07) is 16.4. The molecule has 2 atom stereocenters. The number of nitriles is 2. The van der Waals surface area contributed by atoms with Gasteiger partial charge < -0.3 is 15.5 Å². The summed E-state index contributed by atoms with van der Waals surface area (Å²) in [5.41, 5.74) is 2.09. The molecule has 448 valence electrons. The van der Waals surface area contributed by atoms with Gasteiger partial charge in [-0.05, 0) is 110 Å². The number of nitrogens with zero attached hydrogens (tertiary/aromatic N) is 14. The van der Waals surface area contributed by atoms with E-state index in [4.69, 9.17) is 23.2 Å². The molecule has 10 rings (SSSR count). The molecule has 0 amide bonds. The molecule has 85 heavy (non-hydrogen) atoms. The van der Waals surface area contributed by atoms with Crippen LogP contribution in [0.3, 0.4) is 0 Å². The quantitative estimate of drug-likeness (QED) is 0.0425. The van der Waals surface area contributed by atoms with Gasteiger partial charge in [0, 0.05) is 87.9 Å². The number of tetrazole rings is 1. The fraction of sp³-hybridized carbons (Fsp3) is 0.421. The topological polar surface area (TPSA) is 204 Å². The zero-order valence-corrected chi connectivity index (χ0v) is 51.4. The third-order valence-electron chi connectivity index (χ3n) is 14.4. The Morgan fingerprint density at radius 1 is 0.718 bits per heavy atom. The normalized spacial score (nSPS) is 15.1. The maximum Gasteiger partial charge on any atom is 0.428 e. The molecule has 2 aliphatic carbocycles. The zero-order valence-electron chi connectivity index (χ0n) is 47.7. The standard InChI is InChI=1S/C29H29ClF4N8.C15H15ClIN3.C13H15F4N6/c1-16-19(6-7-23(31)38-16)26(22-14-42(40-39-22)28(8-9-28)29(32,33)34)41(5)18-10-20-24(37-15-27(2,3)4)17(12-35)13-36-25(20)21(30)11-18;1-15(2,3)8-20-13-9(6-18)7-19-14-11(13)4-10(17)5-12(14)16;1-8-9(3-4-10(14)19-8)11(18-2)22-7-23(21-20-22)12(5-6-12)13(15,16)17/h6-7,10-11,13-14,26H,8-9,15H2,1-5H3,(H,36,37);4-5,7H,8H2,1-3H3,(H,19,20);3-4,7,11,18H,5-6H2,1-2H3/q;;+1/t26-;;11-/m0.1/s1. The highest BCUT2D eigenvalue weighted by molar-refractivity contribution is 14.1.